The van der Waals surface area contributed by atoms with E-state index >= 15 is 0 Å². The predicted octanol–water partition coefficient (Wildman–Crippen LogP) is 4.27. The molecule has 0 aliphatic heterocycles. The van der Waals surface area contributed by atoms with Gasteiger partial charge in [0, 0.05) is 17.3 Å². The van der Waals surface area contributed by atoms with Gasteiger partial charge in [0.1, 0.15) is 11.5 Å². The fourth-order valence-electron chi connectivity index (χ4n) is 2.40. The minimum absolute atomic E-state index is 0.176. The van der Waals surface area contributed by atoms with E-state index in [0.29, 0.717) is 33.3 Å². The van der Waals surface area contributed by atoms with Crippen molar-refractivity contribution in [2.45, 2.75) is 0 Å². The summed E-state index contributed by atoms with van der Waals surface area (Å²) >= 11 is 1.37. The van der Waals surface area contributed by atoms with Gasteiger partial charge in [0.15, 0.2) is 0 Å². The van der Waals surface area contributed by atoms with Crippen LogP contribution in [0.1, 0.15) is 20.0 Å². The van der Waals surface area contributed by atoms with Crippen molar-refractivity contribution in [2.24, 2.45) is 0 Å². The second kappa shape index (κ2) is 8.37. The molecule has 0 saturated heterocycles. The molecule has 0 aliphatic carbocycles. The van der Waals surface area contributed by atoms with Gasteiger partial charge in [-0.25, -0.2) is 0 Å². The van der Waals surface area contributed by atoms with Crippen molar-refractivity contribution in [3.63, 3.8) is 0 Å². The molecule has 138 valence electrons. The standard InChI is InChI=1S/C20H18N2O4S/c1-25-15-9-10-16(17(12-15)26-2)22-19(23)13-5-7-14(8-6-13)21-20(24)18-4-3-11-27-18/h3-12H,1-2H3,(H,21,24)(H,22,23). The van der Waals surface area contributed by atoms with Crippen molar-refractivity contribution >= 4 is 34.5 Å². The Hall–Kier alpha value is -3.32. The van der Waals surface area contributed by atoms with E-state index in [1.165, 1.54) is 18.4 Å². The summed E-state index contributed by atoms with van der Waals surface area (Å²) < 4.78 is 10.4. The summed E-state index contributed by atoms with van der Waals surface area (Å²) in [7, 11) is 3.08. The lowest BCUT2D eigenvalue weighted by atomic mass is 10.2. The van der Waals surface area contributed by atoms with Gasteiger partial charge in [0.2, 0.25) is 0 Å². The van der Waals surface area contributed by atoms with Gasteiger partial charge in [0.25, 0.3) is 11.8 Å². The van der Waals surface area contributed by atoms with E-state index in [9.17, 15) is 9.59 Å². The molecule has 0 radical (unpaired) electrons. The van der Waals surface area contributed by atoms with Crippen LogP contribution in [-0.4, -0.2) is 26.0 Å². The molecule has 2 N–H and O–H groups in total. The van der Waals surface area contributed by atoms with Gasteiger partial charge in [-0.1, -0.05) is 6.07 Å². The summed E-state index contributed by atoms with van der Waals surface area (Å²) in [5.41, 5.74) is 1.62. The number of benzene rings is 2. The third-order valence-corrected chi connectivity index (χ3v) is 4.68. The molecule has 7 heteroatoms. The molecular weight excluding hydrogens is 364 g/mol. The van der Waals surface area contributed by atoms with Crippen LogP contribution in [0.4, 0.5) is 11.4 Å². The number of ether oxygens (including phenoxy) is 2. The predicted molar refractivity (Wildman–Crippen MR) is 106 cm³/mol. The van der Waals surface area contributed by atoms with Crippen molar-refractivity contribution < 1.29 is 19.1 Å². The highest BCUT2D eigenvalue weighted by atomic mass is 32.1. The molecule has 1 heterocycles. The Morgan fingerprint density at radius 1 is 0.889 bits per heavy atom. The number of anilines is 2. The minimum Gasteiger partial charge on any atom is -0.497 e. The number of rotatable bonds is 6. The number of hydrogen-bond donors (Lipinski definition) is 2. The van der Waals surface area contributed by atoms with E-state index in [1.54, 1.807) is 55.6 Å². The molecular formula is C20H18N2O4S. The van der Waals surface area contributed by atoms with Crippen molar-refractivity contribution in [3.05, 3.63) is 70.4 Å². The van der Waals surface area contributed by atoms with Crippen molar-refractivity contribution in [2.75, 3.05) is 24.9 Å². The van der Waals surface area contributed by atoms with Gasteiger partial charge < -0.3 is 20.1 Å². The molecule has 2 amide bonds. The zero-order valence-electron chi connectivity index (χ0n) is 14.8. The van der Waals surface area contributed by atoms with E-state index in [4.69, 9.17) is 9.47 Å². The lowest BCUT2D eigenvalue weighted by Gasteiger charge is -2.12. The average Bonchev–Trinajstić information content (AvgIpc) is 3.24. The van der Waals surface area contributed by atoms with Gasteiger partial charge in [-0.3, -0.25) is 9.59 Å². The number of amides is 2. The van der Waals surface area contributed by atoms with Gasteiger partial charge in [0.05, 0.1) is 24.8 Å². The van der Waals surface area contributed by atoms with E-state index in [0.717, 1.165) is 0 Å². The molecule has 27 heavy (non-hydrogen) atoms. The van der Waals surface area contributed by atoms with Crippen LogP contribution in [0.2, 0.25) is 0 Å². The Morgan fingerprint density at radius 3 is 2.30 bits per heavy atom. The molecule has 0 fully saturated rings. The monoisotopic (exact) mass is 382 g/mol. The quantitative estimate of drug-likeness (QED) is 0.667. The first-order valence-electron chi connectivity index (χ1n) is 8.09. The molecule has 0 bridgehead atoms. The van der Waals surface area contributed by atoms with Gasteiger partial charge in [-0.05, 0) is 47.8 Å². The third kappa shape index (κ3) is 4.45. The van der Waals surface area contributed by atoms with E-state index in [-0.39, 0.29) is 11.8 Å². The summed E-state index contributed by atoms with van der Waals surface area (Å²) in [5, 5.41) is 7.45. The van der Waals surface area contributed by atoms with Crippen LogP contribution in [0.15, 0.2) is 60.0 Å². The van der Waals surface area contributed by atoms with Crippen LogP contribution < -0.4 is 20.1 Å². The maximum atomic E-state index is 12.5. The lowest BCUT2D eigenvalue weighted by Crippen LogP contribution is -2.13. The maximum Gasteiger partial charge on any atom is 0.265 e. The Balaban J connectivity index is 1.68. The molecule has 3 aromatic rings. The average molecular weight is 382 g/mol. The first-order chi connectivity index (χ1) is 13.1. The second-order valence-corrected chi connectivity index (χ2v) is 6.48. The van der Waals surface area contributed by atoms with Crippen molar-refractivity contribution in [1.29, 1.82) is 0 Å². The second-order valence-electron chi connectivity index (χ2n) is 5.53. The largest absolute Gasteiger partial charge is 0.497 e. The number of carbonyl (C=O) groups is 2. The number of methoxy groups -OCH3 is 2. The highest BCUT2D eigenvalue weighted by molar-refractivity contribution is 7.12. The van der Waals surface area contributed by atoms with Gasteiger partial charge in [-0.15, -0.1) is 11.3 Å². The smallest absolute Gasteiger partial charge is 0.265 e. The Morgan fingerprint density at radius 2 is 1.67 bits per heavy atom. The molecule has 3 rings (SSSR count). The van der Waals surface area contributed by atoms with Gasteiger partial charge >= 0.3 is 0 Å². The van der Waals surface area contributed by atoms with Crippen LogP contribution in [0.5, 0.6) is 11.5 Å². The van der Waals surface area contributed by atoms with Crippen LogP contribution in [0, 0.1) is 0 Å². The Bertz CT molecular complexity index is 937. The van der Waals surface area contributed by atoms with Crippen LogP contribution >= 0.6 is 11.3 Å². The first-order valence-corrected chi connectivity index (χ1v) is 8.97. The zero-order chi connectivity index (χ0) is 19.2. The molecule has 1 aromatic heterocycles. The van der Waals surface area contributed by atoms with E-state index in [1.807, 2.05) is 11.4 Å². The van der Waals surface area contributed by atoms with Gasteiger partial charge in [-0.2, -0.15) is 0 Å². The Labute approximate surface area is 160 Å². The maximum absolute atomic E-state index is 12.5. The Kier molecular flexibility index (Phi) is 5.73. The molecule has 0 aliphatic rings. The molecule has 0 unspecified atom stereocenters. The molecule has 6 nitrogen and oxygen atoms in total. The lowest BCUT2D eigenvalue weighted by molar-refractivity contribution is 0.102. The minimum atomic E-state index is -0.283. The fourth-order valence-corrected chi connectivity index (χ4v) is 3.02. The summed E-state index contributed by atoms with van der Waals surface area (Å²) in [6.45, 7) is 0. The van der Waals surface area contributed by atoms with Crippen LogP contribution in [0.3, 0.4) is 0 Å². The number of thiophene rings is 1. The summed E-state index contributed by atoms with van der Waals surface area (Å²) in [4.78, 5) is 25.2. The number of nitrogens with one attached hydrogen (secondary N) is 2. The number of carbonyl (C=O) groups excluding carboxylic acids is 2. The van der Waals surface area contributed by atoms with E-state index in [2.05, 4.69) is 10.6 Å². The zero-order valence-corrected chi connectivity index (χ0v) is 15.6. The SMILES string of the molecule is COc1ccc(NC(=O)c2ccc(NC(=O)c3cccs3)cc2)c(OC)c1. The topological polar surface area (TPSA) is 76.7 Å². The molecule has 0 saturated carbocycles. The van der Waals surface area contributed by atoms with Crippen molar-refractivity contribution in [1.82, 2.24) is 0 Å². The summed E-state index contributed by atoms with van der Waals surface area (Å²) in [5.74, 6) is 0.679. The van der Waals surface area contributed by atoms with Crippen LogP contribution in [-0.2, 0) is 0 Å². The molecule has 0 spiro atoms. The highest BCUT2D eigenvalue weighted by Crippen LogP contribution is 2.29. The third-order valence-electron chi connectivity index (χ3n) is 3.81. The first kappa shape index (κ1) is 18.5. The summed E-state index contributed by atoms with van der Waals surface area (Å²) in [6, 6.07) is 15.4. The highest BCUT2D eigenvalue weighted by Gasteiger charge is 2.12. The van der Waals surface area contributed by atoms with Crippen LogP contribution in [0.25, 0.3) is 0 Å². The fraction of sp³-hybridized carbons (Fsp3) is 0.100. The normalized spacial score (nSPS) is 10.1. The van der Waals surface area contributed by atoms with Crippen molar-refractivity contribution in [3.8, 4) is 11.5 Å². The molecule has 0 atom stereocenters. The number of hydrogen-bond acceptors (Lipinski definition) is 5. The molecule has 2 aromatic carbocycles. The van der Waals surface area contributed by atoms with E-state index < -0.39 is 0 Å². The summed E-state index contributed by atoms with van der Waals surface area (Å²) in [6.07, 6.45) is 0.